The molecule has 2 amide bonds. The van der Waals surface area contributed by atoms with Crippen molar-refractivity contribution in [1.82, 2.24) is 10.6 Å². The monoisotopic (exact) mass is 371 g/mol. The van der Waals surface area contributed by atoms with E-state index >= 15 is 0 Å². The Bertz CT molecular complexity index is 761. The lowest BCUT2D eigenvalue weighted by Gasteiger charge is -2.31. The molecule has 0 heterocycles. The Morgan fingerprint density at radius 3 is 2.48 bits per heavy atom. The summed E-state index contributed by atoms with van der Waals surface area (Å²) in [7, 11) is 0. The third kappa shape index (κ3) is 5.81. The minimum Gasteiger partial charge on any atom is -0.454 e. The summed E-state index contributed by atoms with van der Waals surface area (Å²) in [5.41, 5.74) is 1.65. The molecule has 0 saturated heterocycles. The quantitative estimate of drug-likeness (QED) is 0.743. The third-order valence-corrected chi connectivity index (χ3v) is 4.83. The third-order valence-electron chi connectivity index (χ3n) is 4.83. The van der Waals surface area contributed by atoms with Gasteiger partial charge in [0.25, 0.3) is 11.8 Å². The van der Waals surface area contributed by atoms with Gasteiger partial charge in [-0.15, -0.1) is 0 Å². The standard InChI is InChI=1S/C20H25N3O4/c1-14-6-7-16(10-15(14)2)19(26)22-11-18(25)27-12-17(24)23-20(13-21)8-4-3-5-9-20/h6-7,10H,3-5,8-9,11-12H2,1-2H3,(H,22,26)(H,23,24). The average molecular weight is 371 g/mol. The number of esters is 1. The predicted octanol–water partition coefficient (Wildman–Crippen LogP) is 1.92. The molecular weight excluding hydrogens is 346 g/mol. The van der Waals surface area contributed by atoms with Gasteiger partial charge in [0.1, 0.15) is 12.1 Å². The molecule has 1 aromatic carbocycles. The number of nitriles is 1. The van der Waals surface area contributed by atoms with Crippen LogP contribution in [0.3, 0.4) is 0 Å². The summed E-state index contributed by atoms with van der Waals surface area (Å²) in [6.45, 7) is 3.05. The molecule has 0 radical (unpaired) electrons. The molecular formula is C20H25N3O4. The van der Waals surface area contributed by atoms with E-state index in [0.29, 0.717) is 18.4 Å². The van der Waals surface area contributed by atoms with Crippen molar-refractivity contribution in [2.75, 3.05) is 13.2 Å². The smallest absolute Gasteiger partial charge is 0.325 e. The first-order chi connectivity index (χ1) is 12.8. The summed E-state index contributed by atoms with van der Waals surface area (Å²) < 4.78 is 4.89. The van der Waals surface area contributed by atoms with Gasteiger partial charge in [0, 0.05) is 5.56 Å². The molecule has 0 spiro atoms. The Kier molecular flexibility index (Phi) is 6.94. The SMILES string of the molecule is Cc1ccc(C(=O)NCC(=O)OCC(=O)NC2(C#N)CCCCC2)cc1C. The van der Waals surface area contributed by atoms with Crippen molar-refractivity contribution in [1.29, 1.82) is 5.26 Å². The van der Waals surface area contributed by atoms with Crippen LogP contribution in [0.5, 0.6) is 0 Å². The Morgan fingerprint density at radius 2 is 1.85 bits per heavy atom. The number of hydrogen-bond donors (Lipinski definition) is 2. The molecule has 1 aliphatic rings. The van der Waals surface area contributed by atoms with Crippen molar-refractivity contribution in [2.24, 2.45) is 0 Å². The Balaban J connectivity index is 1.75. The first-order valence-electron chi connectivity index (χ1n) is 9.08. The molecule has 0 aromatic heterocycles. The minimum atomic E-state index is -0.862. The molecule has 2 rings (SSSR count). The number of carbonyl (C=O) groups is 3. The Labute approximate surface area is 159 Å². The second kappa shape index (κ2) is 9.17. The maximum absolute atomic E-state index is 12.1. The van der Waals surface area contributed by atoms with Crippen LogP contribution >= 0.6 is 0 Å². The average Bonchev–Trinajstić information content (AvgIpc) is 2.67. The highest BCUT2D eigenvalue weighted by atomic mass is 16.5. The zero-order valence-corrected chi connectivity index (χ0v) is 15.8. The van der Waals surface area contributed by atoms with E-state index in [1.54, 1.807) is 12.1 Å². The molecule has 0 atom stereocenters. The van der Waals surface area contributed by atoms with E-state index < -0.39 is 24.0 Å². The summed E-state index contributed by atoms with van der Waals surface area (Å²) in [6.07, 6.45) is 4.04. The van der Waals surface area contributed by atoms with E-state index in [2.05, 4.69) is 16.7 Å². The molecule has 1 aliphatic carbocycles. The van der Waals surface area contributed by atoms with Gasteiger partial charge < -0.3 is 15.4 Å². The molecule has 2 N–H and O–H groups in total. The maximum atomic E-state index is 12.1. The van der Waals surface area contributed by atoms with Gasteiger partial charge in [-0.3, -0.25) is 14.4 Å². The van der Waals surface area contributed by atoms with Crippen molar-refractivity contribution < 1.29 is 19.1 Å². The number of carbonyl (C=O) groups excluding carboxylic acids is 3. The van der Waals surface area contributed by atoms with Gasteiger partial charge in [0.15, 0.2) is 6.61 Å². The molecule has 0 unspecified atom stereocenters. The van der Waals surface area contributed by atoms with Crippen LogP contribution in [0.2, 0.25) is 0 Å². The lowest BCUT2D eigenvalue weighted by atomic mass is 9.83. The fourth-order valence-electron chi connectivity index (χ4n) is 3.06. The van der Waals surface area contributed by atoms with Gasteiger partial charge in [-0.05, 0) is 49.9 Å². The van der Waals surface area contributed by atoms with Crippen molar-refractivity contribution in [3.8, 4) is 6.07 Å². The van der Waals surface area contributed by atoms with E-state index in [4.69, 9.17) is 4.74 Å². The number of nitrogens with zero attached hydrogens (tertiary/aromatic N) is 1. The number of benzene rings is 1. The molecule has 0 bridgehead atoms. The Hall–Kier alpha value is -2.88. The second-order valence-electron chi connectivity index (χ2n) is 6.95. The van der Waals surface area contributed by atoms with Crippen molar-refractivity contribution in [3.05, 3.63) is 34.9 Å². The van der Waals surface area contributed by atoms with Gasteiger partial charge in [0.2, 0.25) is 0 Å². The molecule has 7 heteroatoms. The normalized spacial score (nSPS) is 15.3. The molecule has 7 nitrogen and oxygen atoms in total. The van der Waals surface area contributed by atoms with E-state index in [0.717, 1.165) is 30.4 Å². The van der Waals surface area contributed by atoms with Crippen LogP contribution in [0.15, 0.2) is 18.2 Å². The number of nitrogens with one attached hydrogen (secondary N) is 2. The van der Waals surface area contributed by atoms with E-state index in [9.17, 15) is 19.6 Å². The summed E-state index contributed by atoms with van der Waals surface area (Å²) in [4.78, 5) is 35.8. The van der Waals surface area contributed by atoms with Crippen molar-refractivity contribution in [3.63, 3.8) is 0 Å². The summed E-state index contributed by atoms with van der Waals surface area (Å²) >= 11 is 0. The first kappa shape index (κ1) is 20.4. The lowest BCUT2D eigenvalue weighted by Crippen LogP contribution is -2.50. The molecule has 27 heavy (non-hydrogen) atoms. The van der Waals surface area contributed by atoms with E-state index in [1.807, 2.05) is 19.9 Å². The van der Waals surface area contributed by atoms with Gasteiger partial charge in [0.05, 0.1) is 6.07 Å². The van der Waals surface area contributed by atoms with Crippen LogP contribution in [-0.4, -0.2) is 36.5 Å². The van der Waals surface area contributed by atoms with Gasteiger partial charge in [-0.1, -0.05) is 25.3 Å². The molecule has 1 saturated carbocycles. The molecule has 1 fully saturated rings. The van der Waals surface area contributed by atoms with E-state index in [1.165, 1.54) is 0 Å². The highest BCUT2D eigenvalue weighted by Crippen LogP contribution is 2.27. The van der Waals surface area contributed by atoms with Crippen LogP contribution in [0, 0.1) is 25.2 Å². The lowest BCUT2D eigenvalue weighted by molar-refractivity contribution is -0.148. The number of ether oxygens (including phenoxy) is 1. The minimum absolute atomic E-state index is 0.331. The highest BCUT2D eigenvalue weighted by molar-refractivity contribution is 5.96. The number of amides is 2. The van der Waals surface area contributed by atoms with Crippen LogP contribution in [0.4, 0.5) is 0 Å². The van der Waals surface area contributed by atoms with Crippen LogP contribution in [0.1, 0.15) is 53.6 Å². The first-order valence-corrected chi connectivity index (χ1v) is 9.08. The zero-order valence-electron chi connectivity index (χ0n) is 15.8. The Morgan fingerprint density at radius 1 is 1.15 bits per heavy atom. The molecule has 0 aliphatic heterocycles. The summed E-state index contributed by atoms with van der Waals surface area (Å²) in [5.74, 6) is -1.60. The predicted molar refractivity (Wildman–Crippen MR) is 98.8 cm³/mol. The van der Waals surface area contributed by atoms with Gasteiger partial charge in [-0.25, -0.2) is 0 Å². The summed E-state index contributed by atoms with van der Waals surface area (Å²) in [5, 5.41) is 14.5. The zero-order chi connectivity index (χ0) is 19.9. The largest absolute Gasteiger partial charge is 0.454 e. The van der Waals surface area contributed by atoms with Crippen molar-refractivity contribution >= 4 is 17.8 Å². The van der Waals surface area contributed by atoms with Crippen molar-refractivity contribution in [2.45, 2.75) is 51.5 Å². The van der Waals surface area contributed by atoms with Gasteiger partial charge >= 0.3 is 5.97 Å². The topological polar surface area (TPSA) is 108 Å². The van der Waals surface area contributed by atoms with Crippen LogP contribution in [0.25, 0.3) is 0 Å². The van der Waals surface area contributed by atoms with E-state index in [-0.39, 0.29) is 12.5 Å². The number of rotatable bonds is 6. The molecule has 144 valence electrons. The molecule has 1 aromatic rings. The second-order valence-corrected chi connectivity index (χ2v) is 6.95. The fourth-order valence-corrected chi connectivity index (χ4v) is 3.06. The highest BCUT2D eigenvalue weighted by Gasteiger charge is 2.33. The number of aryl methyl sites for hydroxylation is 2. The summed E-state index contributed by atoms with van der Waals surface area (Å²) in [6, 6.07) is 7.44. The van der Waals surface area contributed by atoms with Crippen LogP contribution in [-0.2, 0) is 14.3 Å². The maximum Gasteiger partial charge on any atom is 0.325 e. The van der Waals surface area contributed by atoms with Gasteiger partial charge in [-0.2, -0.15) is 5.26 Å². The number of hydrogen-bond acceptors (Lipinski definition) is 5. The van der Waals surface area contributed by atoms with Crippen LogP contribution < -0.4 is 10.6 Å². The fraction of sp³-hybridized carbons (Fsp3) is 0.500.